The fourth-order valence-corrected chi connectivity index (χ4v) is 3.97. The molecule has 2 aliphatic rings. The molecular weight excluding hydrogens is 368 g/mol. The van der Waals surface area contributed by atoms with Gasteiger partial charge in [0.15, 0.2) is 0 Å². The quantitative estimate of drug-likeness (QED) is 0.634. The first-order valence-corrected chi connectivity index (χ1v) is 9.95. The van der Waals surface area contributed by atoms with Crippen molar-refractivity contribution in [1.82, 2.24) is 9.97 Å². The third-order valence-corrected chi connectivity index (χ3v) is 5.45. The molecule has 154 valence electrons. The van der Waals surface area contributed by atoms with E-state index in [2.05, 4.69) is 31.4 Å². The highest BCUT2D eigenvalue weighted by Crippen LogP contribution is 2.26. The van der Waals surface area contributed by atoms with Gasteiger partial charge < -0.3 is 20.5 Å². The lowest BCUT2D eigenvalue weighted by Gasteiger charge is -2.29. The zero-order valence-electron chi connectivity index (χ0n) is 15.8. The van der Waals surface area contributed by atoms with Gasteiger partial charge in [0.05, 0.1) is 18.4 Å². The lowest BCUT2D eigenvalue weighted by Crippen LogP contribution is -2.31. The van der Waals surface area contributed by atoms with E-state index in [1.807, 2.05) is 0 Å². The van der Waals surface area contributed by atoms with Crippen molar-refractivity contribution >= 4 is 11.8 Å². The molecule has 0 aromatic carbocycles. The smallest absolute Gasteiger partial charge is 0.345 e. The summed E-state index contributed by atoms with van der Waals surface area (Å²) in [6.07, 6.45) is 7.62. The molecule has 2 atom stereocenters. The Hall–Kier alpha value is -2.05. The van der Waals surface area contributed by atoms with Gasteiger partial charge in [-0.3, -0.25) is 0 Å². The number of nitrogens with zero attached hydrogens (tertiary/aromatic N) is 3. The molecule has 2 fully saturated rings. The number of aromatic nitrogens is 2. The van der Waals surface area contributed by atoms with Gasteiger partial charge in [-0.2, -0.15) is 19.0 Å². The summed E-state index contributed by atoms with van der Waals surface area (Å²) in [5.74, 6) is 0.878. The van der Waals surface area contributed by atoms with Crippen molar-refractivity contribution in [2.75, 3.05) is 10.6 Å². The highest BCUT2D eigenvalue weighted by atomic mass is 19.3. The van der Waals surface area contributed by atoms with E-state index in [0.29, 0.717) is 49.4 Å². The predicted octanol–water partition coefficient (Wildman–Crippen LogP) is 3.42. The maximum absolute atomic E-state index is 12.3. The Kier molecular flexibility index (Phi) is 7.34. The Labute approximate surface area is 163 Å². The predicted molar refractivity (Wildman–Crippen MR) is 100 cm³/mol. The maximum atomic E-state index is 12.3. The molecule has 1 heterocycles. The van der Waals surface area contributed by atoms with Gasteiger partial charge in [0.25, 0.3) is 0 Å². The maximum Gasteiger partial charge on any atom is 0.345 e. The first kappa shape index (κ1) is 20.7. The van der Waals surface area contributed by atoms with E-state index < -0.39 is 12.7 Å². The first-order chi connectivity index (χ1) is 13.5. The standard InChI is InChI=1S/C19H27F2N5O2/c20-18(21)28-16-7-5-13(6-8-16)25-19-23-11-12(10-22)17(26-19)24-14-3-1-2-4-15(27)9-14/h11,13-16,18,27H,1-9H2,(H2,23,24,25,26)/t13?,14-,15+,16?/m1/s1. The van der Waals surface area contributed by atoms with Gasteiger partial charge in [0.2, 0.25) is 5.95 Å². The van der Waals surface area contributed by atoms with Crippen molar-refractivity contribution in [1.29, 1.82) is 5.26 Å². The molecule has 28 heavy (non-hydrogen) atoms. The highest BCUT2D eigenvalue weighted by molar-refractivity contribution is 5.54. The number of anilines is 2. The Bertz CT molecular complexity index is 677. The Morgan fingerprint density at radius 2 is 1.86 bits per heavy atom. The molecule has 9 heteroatoms. The Balaban J connectivity index is 1.60. The number of ether oxygens (including phenoxy) is 1. The van der Waals surface area contributed by atoms with E-state index in [-0.39, 0.29) is 18.2 Å². The van der Waals surface area contributed by atoms with Crippen LogP contribution in [-0.2, 0) is 4.74 Å². The topological polar surface area (TPSA) is 103 Å². The third kappa shape index (κ3) is 5.97. The van der Waals surface area contributed by atoms with E-state index >= 15 is 0 Å². The number of hydrogen-bond acceptors (Lipinski definition) is 7. The summed E-state index contributed by atoms with van der Waals surface area (Å²) in [5, 5.41) is 25.9. The van der Waals surface area contributed by atoms with E-state index in [9.17, 15) is 19.1 Å². The number of aliphatic hydroxyl groups excluding tert-OH is 1. The second-order valence-corrected chi connectivity index (χ2v) is 7.60. The number of nitriles is 1. The Morgan fingerprint density at radius 3 is 2.57 bits per heavy atom. The van der Waals surface area contributed by atoms with E-state index in [0.717, 1.165) is 25.7 Å². The fourth-order valence-electron chi connectivity index (χ4n) is 3.97. The zero-order chi connectivity index (χ0) is 19.9. The zero-order valence-corrected chi connectivity index (χ0v) is 15.8. The minimum atomic E-state index is -2.73. The largest absolute Gasteiger partial charge is 0.393 e. The van der Waals surface area contributed by atoms with Crippen LogP contribution in [-0.4, -0.2) is 46.0 Å². The SMILES string of the molecule is N#Cc1cnc(NC2CCC(OC(F)F)CC2)nc1N[C@@H]1CCCC[C@H](O)C1. The minimum absolute atomic E-state index is 0.0642. The van der Waals surface area contributed by atoms with Crippen LogP contribution in [0.2, 0.25) is 0 Å². The lowest BCUT2D eigenvalue weighted by molar-refractivity contribution is -0.169. The van der Waals surface area contributed by atoms with Crippen molar-refractivity contribution < 1.29 is 18.6 Å². The van der Waals surface area contributed by atoms with Crippen LogP contribution in [0.25, 0.3) is 0 Å². The summed E-state index contributed by atoms with van der Waals surface area (Å²) in [7, 11) is 0. The van der Waals surface area contributed by atoms with E-state index in [4.69, 9.17) is 0 Å². The average Bonchev–Trinajstić information content (AvgIpc) is 2.87. The van der Waals surface area contributed by atoms with Crippen molar-refractivity contribution in [3.63, 3.8) is 0 Å². The van der Waals surface area contributed by atoms with Crippen LogP contribution in [0.5, 0.6) is 0 Å². The lowest BCUT2D eigenvalue weighted by atomic mass is 9.93. The summed E-state index contributed by atoms with van der Waals surface area (Å²) in [6.45, 7) is -2.73. The van der Waals surface area contributed by atoms with Crippen LogP contribution >= 0.6 is 0 Å². The van der Waals surface area contributed by atoms with Crippen LogP contribution < -0.4 is 10.6 Å². The molecule has 1 aromatic rings. The molecule has 7 nitrogen and oxygen atoms in total. The molecule has 0 aliphatic heterocycles. The van der Waals surface area contributed by atoms with Gasteiger partial charge in [-0.25, -0.2) is 4.98 Å². The van der Waals surface area contributed by atoms with Crippen molar-refractivity contribution in [2.45, 2.75) is 88.7 Å². The summed E-state index contributed by atoms with van der Waals surface area (Å²) < 4.78 is 29.2. The fraction of sp³-hybridized carbons (Fsp3) is 0.737. The second kappa shape index (κ2) is 9.94. The number of halogens is 2. The summed E-state index contributed by atoms with van der Waals surface area (Å²) >= 11 is 0. The molecule has 0 saturated heterocycles. The first-order valence-electron chi connectivity index (χ1n) is 9.95. The van der Waals surface area contributed by atoms with Crippen LogP contribution in [0.3, 0.4) is 0 Å². The minimum Gasteiger partial charge on any atom is -0.393 e. The van der Waals surface area contributed by atoms with Gasteiger partial charge in [0.1, 0.15) is 17.5 Å². The number of aliphatic hydroxyl groups is 1. The molecule has 3 rings (SSSR count). The number of nitrogens with one attached hydrogen (secondary N) is 2. The molecule has 1 aromatic heterocycles. The van der Waals surface area contributed by atoms with Gasteiger partial charge in [-0.1, -0.05) is 12.8 Å². The molecule has 3 N–H and O–H groups in total. The molecule has 0 spiro atoms. The molecule has 0 amide bonds. The molecule has 0 unspecified atom stereocenters. The van der Waals surface area contributed by atoms with Crippen molar-refractivity contribution in [2.24, 2.45) is 0 Å². The monoisotopic (exact) mass is 395 g/mol. The van der Waals surface area contributed by atoms with Crippen LogP contribution in [0.15, 0.2) is 6.20 Å². The highest BCUT2D eigenvalue weighted by Gasteiger charge is 2.25. The molecule has 0 bridgehead atoms. The normalized spacial score (nSPS) is 28.4. The van der Waals surface area contributed by atoms with E-state index in [1.165, 1.54) is 6.20 Å². The van der Waals surface area contributed by atoms with Gasteiger partial charge in [-0.15, -0.1) is 0 Å². The summed E-state index contributed by atoms with van der Waals surface area (Å²) in [6, 6.07) is 2.25. The van der Waals surface area contributed by atoms with Crippen molar-refractivity contribution in [3.8, 4) is 6.07 Å². The second-order valence-electron chi connectivity index (χ2n) is 7.60. The van der Waals surface area contributed by atoms with Gasteiger partial charge in [0, 0.05) is 12.1 Å². The van der Waals surface area contributed by atoms with Gasteiger partial charge in [-0.05, 0) is 44.9 Å². The Morgan fingerprint density at radius 1 is 1.11 bits per heavy atom. The van der Waals surface area contributed by atoms with Crippen LogP contribution in [0.4, 0.5) is 20.5 Å². The van der Waals surface area contributed by atoms with Crippen molar-refractivity contribution in [3.05, 3.63) is 11.8 Å². The molecule has 2 saturated carbocycles. The number of rotatable bonds is 6. The average molecular weight is 395 g/mol. The van der Waals surface area contributed by atoms with Crippen LogP contribution in [0, 0.1) is 11.3 Å². The number of hydrogen-bond donors (Lipinski definition) is 3. The number of alkyl halides is 2. The molecule has 0 radical (unpaired) electrons. The van der Waals surface area contributed by atoms with Crippen LogP contribution in [0.1, 0.15) is 63.4 Å². The van der Waals surface area contributed by atoms with E-state index in [1.54, 1.807) is 0 Å². The summed E-state index contributed by atoms with van der Waals surface area (Å²) in [5.41, 5.74) is 0.360. The third-order valence-electron chi connectivity index (χ3n) is 5.45. The summed E-state index contributed by atoms with van der Waals surface area (Å²) in [4.78, 5) is 8.68. The molecule has 2 aliphatic carbocycles. The van der Waals surface area contributed by atoms with Gasteiger partial charge >= 0.3 is 6.61 Å². The molecular formula is C19H27F2N5O2.